The fourth-order valence-corrected chi connectivity index (χ4v) is 2.16. The van der Waals surface area contributed by atoms with Crippen molar-refractivity contribution in [3.05, 3.63) is 46.7 Å². The van der Waals surface area contributed by atoms with E-state index >= 15 is 0 Å². The standard InChI is InChI=1S/C15H14ClF3N2/c1-9(2)6-12-8-13(16)21-14(20-12)10-4-3-5-11(7-10)15(17,18)19/h3-5,7-9H,6H2,1-2H3. The zero-order valence-corrected chi connectivity index (χ0v) is 12.3. The number of nitrogens with zero attached hydrogens (tertiary/aromatic N) is 2. The van der Waals surface area contributed by atoms with E-state index in [1.807, 2.05) is 13.8 Å². The van der Waals surface area contributed by atoms with Crippen LogP contribution in [0.25, 0.3) is 11.4 Å². The molecule has 2 nitrogen and oxygen atoms in total. The number of hydrogen-bond acceptors (Lipinski definition) is 2. The fourth-order valence-electron chi connectivity index (χ4n) is 1.95. The molecule has 0 saturated carbocycles. The van der Waals surface area contributed by atoms with Gasteiger partial charge in [0, 0.05) is 11.3 Å². The first-order valence-electron chi connectivity index (χ1n) is 6.47. The molecule has 0 saturated heterocycles. The molecule has 0 unspecified atom stereocenters. The molecule has 0 atom stereocenters. The predicted molar refractivity (Wildman–Crippen MR) is 76.0 cm³/mol. The third-order valence-electron chi connectivity index (χ3n) is 2.81. The van der Waals surface area contributed by atoms with Gasteiger partial charge in [-0.2, -0.15) is 13.2 Å². The van der Waals surface area contributed by atoms with Crippen molar-refractivity contribution in [2.45, 2.75) is 26.4 Å². The second-order valence-electron chi connectivity index (χ2n) is 5.18. The predicted octanol–water partition coefficient (Wildman–Crippen LogP) is 5.01. The molecule has 6 heteroatoms. The summed E-state index contributed by atoms with van der Waals surface area (Å²) in [5.41, 5.74) is 0.295. The highest BCUT2D eigenvalue weighted by Crippen LogP contribution is 2.31. The van der Waals surface area contributed by atoms with Crippen LogP contribution in [0.2, 0.25) is 5.15 Å². The summed E-state index contributed by atoms with van der Waals surface area (Å²) in [6, 6.07) is 6.57. The maximum absolute atomic E-state index is 12.7. The van der Waals surface area contributed by atoms with E-state index in [1.165, 1.54) is 6.07 Å². The number of halogens is 4. The van der Waals surface area contributed by atoms with Crippen molar-refractivity contribution in [2.75, 3.05) is 0 Å². The molecule has 112 valence electrons. The maximum atomic E-state index is 12.7. The molecule has 0 N–H and O–H groups in total. The van der Waals surface area contributed by atoms with E-state index in [0.29, 0.717) is 17.9 Å². The minimum Gasteiger partial charge on any atom is -0.233 e. The molecule has 21 heavy (non-hydrogen) atoms. The molecule has 2 rings (SSSR count). The fraction of sp³-hybridized carbons (Fsp3) is 0.333. The zero-order chi connectivity index (χ0) is 15.6. The van der Waals surface area contributed by atoms with Crippen LogP contribution in [-0.2, 0) is 12.6 Å². The summed E-state index contributed by atoms with van der Waals surface area (Å²) in [6.07, 6.45) is -3.70. The summed E-state index contributed by atoms with van der Waals surface area (Å²) in [5, 5.41) is 0.230. The average Bonchev–Trinajstić information content (AvgIpc) is 2.36. The van der Waals surface area contributed by atoms with Crippen molar-refractivity contribution in [3.63, 3.8) is 0 Å². The number of rotatable bonds is 3. The van der Waals surface area contributed by atoms with Gasteiger partial charge in [-0.25, -0.2) is 9.97 Å². The molecule has 0 amide bonds. The summed E-state index contributed by atoms with van der Waals surface area (Å²) in [5.74, 6) is 0.578. The maximum Gasteiger partial charge on any atom is 0.416 e. The Morgan fingerprint density at radius 1 is 1.14 bits per heavy atom. The van der Waals surface area contributed by atoms with Gasteiger partial charge in [0.05, 0.1) is 5.56 Å². The molecule has 0 aliphatic rings. The number of hydrogen-bond donors (Lipinski definition) is 0. The molecule has 0 radical (unpaired) electrons. The first kappa shape index (κ1) is 15.8. The first-order chi connectivity index (χ1) is 9.75. The molecule has 2 aromatic rings. The van der Waals surface area contributed by atoms with Gasteiger partial charge in [0.15, 0.2) is 5.82 Å². The second kappa shape index (κ2) is 6.02. The Balaban J connectivity index is 2.44. The second-order valence-corrected chi connectivity index (χ2v) is 5.57. The smallest absolute Gasteiger partial charge is 0.233 e. The molecule has 0 aliphatic carbocycles. The quantitative estimate of drug-likeness (QED) is 0.744. The van der Waals surface area contributed by atoms with E-state index < -0.39 is 11.7 Å². The Morgan fingerprint density at radius 3 is 2.48 bits per heavy atom. The summed E-state index contributed by atoms with van der Waals surface area (Å²) < 4.78 is 38.2. The average molecular weight is 315 g/mol. The molecule has 1 heterocycles. The van der Waals surface area contributed by atoms with E-state index in [9.17, 15) is 13.2 Å². The highest BCUT2D eigenvalue weighted by atomic mass is 35.5. The molecule has 0 fully saturated rings. The first-order valence-corrected chi connectivity index (χ1v) is 6.84. The van der Waals surface area contributed by atoms with E-state index in [4.69, 9.17) is 11.6 Å². The molecule has 0 spiro atoms. The topological polar surface area (TPSA) is 25.8 Å². The van der Waals surface area contributed by atoms with E-state index in [-0.39, 0.29) is 11.0 Å². The van der Waals surface area contributed by atoms with Gasteiger partial charge in [-0.3, -0.25) is 0 Å². The lowest BCUT2D eigenvalue weighted by molar-refractivity contribution is -0.137. The Morgan fingerprint density at radius 2 is 1.86 bits per heavy atom. The number of aromatic nitrogens is 2. The Labute approximate surface area is 126 Å². The minimum absolute atomic E-state index is 0.212. The summed E-state index contributed by atoms with van der Waals surface area (Å²) in [4.78, 5) is 8.33. The van der Waals surface area contributed by atoms with Crippen LogP contribution in [0.4, 0.5) is 13.2 Å². The summed E-state index contributed by atoms with van der Waals surface area (Å²) >= 11 is 5.94. The van der Waals surface area contributed by atoms with Crippen LogP contribution in [-0.4, -0.2) is 9.97 Å². The van der Waals surface area contributed by atoms with Crippen LogP contribution >= 0.6 is 11.6 Å². The Bertz CT molecular complexity index is 639. The van der Waals surface area contributed by atoms with Crippen molar-refractivity contribution in [1.82, 2.24) is 9.97 Å². The minimum atomic E-state index is -4.39. The summed E-state index contributed by atoms with van der Waals surface area (Å²) in [6.45, 7) is 4.06. The van der Waals surface area contributed by atoms with Gasteiger partial charge in [0.2, 0.25) is 0 Å². The Kier molecular flexibility index (Phi) is 4.52. The molecule has 1 aromatic carbocycles. The normalized spacial score (nSPS) is 12.0. The lowest BCUT2D eigenvalue weighted by Gasteiger charge is -2.10. The lowest BCUT2D eigenvalue weighted by atomic mass is 10.1. The van der Waals surface area contributed by atoms with Gasteiger partial charge in [-0.15, -0.1) is 0 Å². The van der Waals surface area contributed by atoms with Gasteiger partial charge in [0.1, 0.15) is 5.15 Å². The van der Waals surface area contributed by atoms with Crippen molar-refractivity contribution in [2.24, 2.45) is 5.92 Å². The molecule has 1 aromatic heterocycles. The van der Waals surface area contributed by atoms with Crippen LogP contribution in [0.3, 0.4) is 0 Å². The summed E-state index contributed by atoms with van der Waals surface area (Å²) in [7, 11) is 0. The van der Waals surface area contributed by atoms with Gasteiger partial charge in [0.25, 0.3) is 0 Å². The highest BCUT2D eigenvalue weighted by molar-refractivity contribution is 6.29. The van der Waals surface area contributed by atoms with E-state index in [0.717, 1.165) is 17.8 Å². The lowest BCUT2D eigenvalue weighted by Crippen LogP contribution is -2.05. The van der Waals surface area contributed by atoms with Gasteiger partial charge < -0.3 is 0 Å². The van der Waals surface area contributed by atoms with Crippen molar-refractivity contribution in [3.8, 4) is 11.4 Å². The van der Waals surface area contributed by atoms with Crippen LogP contribution in [0, 0.1) is 5.92 Å². The number of alkyl halides is 3. The van der Waals surface area contributed by atoms with E-state index in [1.54, 1.807) is 12.1 Å². The SMILES string of the molecule is CC(C)Cc1cc(Cl)nc(-c2cccc(C(F)(F)F)c2)n1. The molecule has 0 bridgehead atoms. The van der Waals surface area contributed by atoms with Crippen molar-refractivity contribution in [1.29, 1.82) is 0 Å². The molecular formula is C15H14ClF3N2. The van der Waals surface area contributed by atoms with Crippen LogP contribution < -0.4 is 0 Å². The van der Waals surface area contributed by atoms with Gasteiger partial charge in [-0.05, 0) is 30.5 Å². The van der Waals surface area contributed by atoms with Crippen LogP contribution in [0.1, 0.15) is 25.1 Å². The van der Waals surface area contributed by atoms with E-state index in [2.05, 4.69) is 9.97 Å². The number of benzene rings is 1. The zero-order valence-electron chi connectivity index (χ0n) is 11.6. The largest absolute Gasteiger partial charge is 0.416 e. The third kappa shape index (κ3) is 4.17. The van der Waals surface area contributed by atoms with Crippen molar-refractivity contribution < 1.29 is 13.2 Å². The van der Waals surface area contributed by atoms with Crippen LogP contribution in [0.15, 0.2) is 30.3 Å². The molecule has 0 aliphatic heterocycles. The van der Waals surface area contributed by atoms with Gasteiger partial charge in [-0.1, -0.05) is 37.6 Å². The third-order valence-corrected chi connectivity index (χ3v) is 3.01. The van der Waals surface area contributed by atoms with Gasteiger partial charge >= 0.3 is 6.18 Å². The van der Waals surface area contributed by atoms with Crippen molar-refractivity contribution >= 4 is 11.6 Å². The van der Waals surface area contributed by atoms with Crippen LogP contribution in [0.5, 0.6) is 0 Å². The highest BCUT2D eigenvalue weighted by Gasteiger charge is 2.30. The Hall–Kier alpha value is -1.62. The monoisotopic (exact) mass is 314 g/mol. The molecular weight excluding hydrogens is 301 g/mol.